The molecule has 6 atom stereocenters. The monoisotopic (exact) mass is 661 g/mol. The molecule has 2 aromatic carbocycles. The number of rotatable bonds is 14. The van der Waals surface area contributed by atoms with Gasteiger partial charge >= 0.3 is 5.97 Å². The molecule has 1 aliphatic carbocycles. The number of amides is 1. The molecule has 3 aromatic rings. The first kappa shape index (κ1) is 34.4. The summed E-state index contributed by atoms with van der Waals surface area (Å²) in [5, 5.41) is 24.3. The minimum atomic E-state index is -4.27. The highest BCUT2D eigenvalue weighted by Crippen LogP contribution is 2.35. The van der Waals surface area contributed by atoms with E-state index in [1.807, 2.05) is 0 Å². The summed E-state index contributed by atoms with van der Waals surface area (Å²) in [6, 6.07) is 15.9. The van der Waals surface area contributed by atoms with Gasteiger partial charge in [-0.3, -0.25) is 9.59 Å². The number of nitrogens with zero attached hydrogens (tertiary/aromatic N) is 1. The van der Waals surface area contributed by atoms with Crippen LogP contribution in [0.15, 0.2) is 71.8 Å². The maximum absolute atomic E-state index is 13.7. The fourth-order valence-corrected chi connectivity index (χ4v) is 8.05. The summed E-state index contributed by atoms with van der Waals surface area (Å²) in [7, 11) is -6.78. The third kappa shape index (κ3) is 9.53. The number of aliphatic hydroxyl groups excluding tert-OH is 1. The molecule has 1 fully saturated rings. The van der Waals surface area contributed by atoms with Gasteiger partial charge in [0.1, 0.15) is 6.04 Å². The second-order valence-electron chi connectivity index (χ2n) is 11.5. The van der Waals surface area contributed by atoms with Crippen LogP contribution in [0.5, 0.6) is 0 Å². The lowest BCUT2D eigenvalue weighted by Crippen LogP contribution is -2.55. The molecule has 1 aromatic heterocycles. The van der Waals surface area contributed by atoms with Crippen molar-refractivity contribution in [3.63, 3.8) is 0 Å². The van der Waals surface area contributed by atoms with Gasteiger partial charge in [0.15, 0.2) is 14.9 Å². The Morgan fingerprint density at radius 2 is 1.69 bits per heavy atom. The number of carbonyl (C=O) groups is 2. The van der Waals surface area contributed by atoms with E-state index in [1.165, 1.54) is 6.07 Å². The normalized spacial score (nSPS) is 21.1. The van der Waals surface area contributed by atoms with Crippen molar-refractivity contribution < 1.29 is 41.4 Å². The number of aromatic nitrogens is 1. The number of carboxylic acid groups (broad SMARTS) is 1. The number of hydrogen-bond acceptors (Lipinski definition) is 9. The van der Waals surface area contributed by atoms with Crippen molar-refractivity contribution in [2.24, 2.45) is 11.8 Å². The molecule has 0 bridgehead atoms. The number of fused-ring (bicyclic) bond motifs is 1. The molecule has 244 valence electrons. The number of aliphatic hydroxyl groups is 1. The summed E-state index contributed by atoms with van der Waals surface area (Å²) < 4.78 is 58.9. The Bertz CT molecular complexity index is 1700. The summed E-state index contributed by atoms with van der Waals surface area (Å²) in [6.07, 6.45) is 0.907. The molecule has 14 heteroatoms. The molecule has 1 aliphatic rings. The van der Waals surface area contributed by atoms with Gasteiger partial charge in [0.25, 0.3) is 0 Å². The summed E-state index contributed by atoms with van der Waals surface area (Å²) in [4.78, 5) is 29.9. The van der Waals surface area contributed by atoms with Gasteiger partial charge in [0.2, 0.25) is 15.9 Å². The molecular formula is C31H39N3O9S2. The highest BCUT2D eigenvalue weighted by Gasteiger charge is 2.39. The van der Waals surface area contributed by atoms with Crippen LogP contribution >= 0.6 is 0 Å². The minimum absolute atomic E-state index is 0.0259. The Balaban J connectivity index is 1.60. The predicted molar refractivity (Wildman–Crippen MR) is 168 cm³/mol. The molecular weight excluding hydrogens is 622 g/mol. The van der Waals surface area contributed by atoms with Crippen LogP contribution in [-0.4, -0.2) is 87.3 Å². The number of sulfonamides is 1. The van der Waals surface area contributed by atoms with E-state index in [0.29, 0.717) is 30.2 Å². The highest BCUT2D eigenvalue weighted by molar-refractivity contribution is 7.91. The van der Waals surface area contributed by atoms with Crippen LogP contribution in [0.25, 0.3) is 10.9 Å². The molecule has 0 aliphatic heterocycles. The number of benzene rings is 2. The van der Waals surface area contributed by atoms with Gasteiger partial charge in [0, 0.05) is 12.5 Å². The van der Waals surface area contributed by atoms with Gasteiger partial charge in [0.05, 0.1) is 41.7 Å². The van der Waals surface area contributed by atoms with Crippen molar-refractivity contribution in [2.75, 3.05) is 19.1 Å². The summed E-state index contributed by atoms with van der Waals surface area (Å²) in [6.45, 7) is 0. The van der Waals surface area contributed by atoms with E-state index < -0.39 is 67.5 Å². The maximum atomic E-state index is 13.7. The van der Waals surface area contributed by atoms with Gasteiger partial charge in [-0.15, -0.1) is 0 Å². The lowest BCUT2D eigenvalue weighted by Gasteiger charge is -2.36. The van der Waals surface area contributed by atoms with Crippen molar-refractivity contribution in [3.8, 4) is 0 Å². The van der Waals surface area contributed by atoms with E-state index in [1.54, 1.807) is 67.8 Å². The summed E-state index contributed by atoms with van der Waals surface area (Å²) in [5.74, 6) is -4.02. The number of nitrogens with one attached hydrogen (secondary N) is 2. The summed E-state index contributed by atoms with van der Waals surface area (Å²) >= 11 is 0. The lowest BCUT2D eigenvalue weighted by molar-refractivity contribution is -0.147. The Morgan fingerprint density at radius 1 is 1.00 bits per heavy atom. The van der Waals surface area contributed by atoms with Crippen LogP contribution in [0.2, 0.25) is 0 Å². The number of para-hydroxylation sites is 1. The molecule has 12 nitrogen and oxygen atoms in total. The topological polar surface area (TPSA) is 189 Å². The van der Waals surface area contributed by atoms with Crippen LogP contribution in [0.4, 0.5) is 0 Å². The van der Waals surface area contributed by atoms with E-state index in [-0.39, 0.29) is 24.0 Å². The first-order valence-corrected chi connectivity index (χ1v) is 18.1. The van der Waals surface area contributed by atoms with E-state index >= 15 is 0 Å². The Labute approximate surface area is 263 Å². The number of carbonyl (C=O) groups excluding carboxylic acids is 1. The molecule has 1 saturated carbocycles. The smallest absolute Gasteiger partial charge is 0.306 e. The number of sulfone groups is 1. The van der Waals surface area contributed by atoms with Gasteiger partial charge < -0.3 is 20.3 Å². The Kier molecular flexibility index (Phi) is 11.3. The Morgan fingerprint density at radius 3 is 2.36 bits per heavy atom. The maximum Gasteiger partial charge on any atom is 0.306 e. The SMILES string of the molecule is COC1CCC(C(=O)O)C(CC(O)C(Cc2ccccc2)NC(=O)C(CS(=O)(=O)c2ccc3ccccc3n2)NS(C)(=O)=O)C1. The van der Waals surface area contributed by atoms with Crippen LogP contribution < -0.4 is 10.0 Å². The molecule has 4 rings (SSSR count). The predicted octanol–water partition coefficient (Wildman–Crippen LogP) is 1.92. The van der Waals surface area contributed by atoms with Crippen molar-refractivity contribution in [1.29, 1.82) is 0 Å². The largest absolute Gasteiger partial charge is 0.481 e. The number of aliphatic carboxylic acids is 1. The van der Waals surface area contributed by atoms with E-state index in [2.05, 4.69) is 15.0 Å². The number of carboxylic acids is 1. The Hall–Kier alpha value is -3.43. The number of ether oxygens (including phenoxy) is 1. The van der Waals surface area contributed by atoms with E-state index in [4.69, 9.17) is 4.74 Å². The summed E-state index contributed by atoms with van der Waals surface area (Å²) in [5.41, 5.74) is 1.16. The second-order valence-corrected chi connectivity index (χ2v) is 15.3. The van der Waals surface area contributed by atoms with Gasteiger partial charge in [-0.05, 0) is 61.8 Å². The molecule has 0 saturated heterocycles. The quantitative estimate of drug-likeness (QED) is 0.199. The van der Waals surface area contributed by atoms with Crippen molar-refractivity contribution in [1.82, 2.24) is 15.0 Å². The van der Waals surface area contributed by atoms with Gasteiger partial charge in [-0.25, -0.2) is 26.5 Å². The average molecular weight is 662 g/mol. The van der Waals surface area contributed by atoms with E-state index in [9.17, 15) is 36.6 Å². The molecule has 0 radical (unpaired) electrons. The minimum Gasteiger partial charge on any atom is -0.481 e. The van der Waals surface area contributed by atoms with Crippen LogP contribution in [-0.2, 0) is 40.6 Å². The number of hydrogen-bond donors (Lipinski definition) is 4. The fraction of sp³-hybridized carbons (Fsp3) is 0.452. The second kappa shape index (κ2) is 14.8. The van der Waals surface area contributed by atoms with Crippen LogP contribution in [0, 0.1) is 11.8 Å². The lowest BCUT2D eigenvalue weighted by atomic mass is 9.74. The average Bonchev–Trinajstić information content (AvgIpc) is 2.99. The van der Waals surface area contributed by atoms with Gasteiger partial charge in [-0.2, -0.15) is 0 Å². The third-order valence-corrected chi connectivity index (χ3v) is 10.5. The van der Waals surface area contributed by atoms with Gasteiger partial charge in [-0.1, -0.05) is 48.5 Å². The zero-order chi connectivity index (χ0) is 32.8. The van der Waals surface area contributed by atoms with Crippen molar-refractivity contribution in [3.05, 3.63) is 72.3 Å². The molecule has 0 spiro atoms. The molecule has 4 N–H and O–H groups in total. The van der Waals surface area contributed by atoms with Crippen molar-refractivity contribution in [2.45, 2.75) is 61.4 Å². The standard InChI is InChI=1S/C31H39N3O9S2/c1-43-23-13-14-24(31(37)38)22(17-23)18-28(35)26(16-20-8-4-3-5-9-20)33-30(36)27(34-44(2,39)40)19-45(41,42)29-15-12-21-10-6-7-11-25(21)32-29/h3-12,15,22-24,26-28,34-35H,13-14,16-19H2,1-2H3,(H,33,36)(H,37,38). The third-order valence-electron chi connectivity index (χ3n) is 8.17. The van der Waals surface area contributed by atoms with Crippen LogP contribution in [0.1, 0.15) is 31.2 Å². The van der Waals surface area contributed by atoms with E-state index in [0.717, 1.165) is 11.8 Å². The van der Waals surface area contributed by atoms with Crippen molar-refractivity contribution >= 4 is 42.6 Å². The molecule has 6 unspecified atom stereocenters. The zero-order valence-corrected chi connectivity index (χ0v) is 26.7. The zero-order valence-electron chi connectivity index (χ0n) is 25.1. The first-order chi connectivity index (χ1) is 21.3. The molecule has 1 heterocycles. The van der Waals surface area contributed by atoms with Crippen LogP contribution in [0.3, 0.4) is 0 Å². The molecule has 45 heavy (non-hydrogen) atoms. The highest BCUT2D eigenvalue weighted by atomic mass is 32.2. The number of methoxy groups -OCH3 is 1. The number of pyridine rings is 1. The molecule has 1 amide bonds. The first-order valence-electron chi connectivity index (χ1n) is 14.6. The fourth-order valence-electron chi connectivity index (χ4n) is 5.88.